The highest BCUT2D eigenvalue weighted by atomic mass is 16.5. The lowest BCUT2D eigenvalue weighted by Crippen LogP contribution is -2.06. The third-order valence-electron chi connectivity index (χ3n) is 6.15. The van der Waals surface area contributed by atoms with Crippen LogP contribution in [-0.4, -0.2) is 19.5 Å². The van der Waals surface area contributed by atoms with Gasteiger partial charge in [-0.15, -0.1) is 0 Å². The van der Waals surface area contributed by atoms with Gasteiger partial charge in [0, 0.05) is 29.4 Å². The van der Waals surface area contributed by atoms with E-state index in [9.17, 15) is 4.79 Å². The predicted octanol–water partition coefficient (Wildman–Crippen LogP) is 8.06. The molecule has 1 heterocycles. The summed E-state index contributed by atoms with van der Waals surface area (Å²) in [6.45, 7) is 1.95. The summed E-state index contributed by atoms with van der Waals surface area (Å²) < 4.78 is 18.1. The van der Waals surface area contributed by atoms with Crippen LogP contribution in [0.15, 0.2) is 114 Å². The number of hydrogen-bond acceptors (Lipinski definition) is 4. The number of furan rings is 1. The Labute approximate surface area is 217 Å². The number of ether oxygens (including phenoxy) is 2. The van der Waals surface area contributed by atoms with E-state index in [1.54, 1.807) is 7.11 Å². The number of rotatable bonds is 9. The van der Waals surface area contributed by atoms with Crippen LogP contribution in [0.2, 0.25) is 0 Å². The Bertz CT molecular complexity index is 1500. The first kappa shape index (κ1) is 24.3. The van der Waals surface area contributed by atoms with Gasteiger partial charge in [0.15, 0.2) is 5.78 Å². The van der Waals surface area contributed by atoms with Gasteiger partial charge in [-0.25, -0.2) is 0 Å². The van der Waals surface area contributed by atoms with E-state index >= 15 is 0 Å². The van der Waals surface area contributed by atoms with Gasteiger partial charge in [-0.2, -0.15) is 0 Å². The van der Waals surface area contributed by atoms with Crippen molar-refractivity contribution >= 4 is 5.78 Å². The number of benzene rings is 4. The molecule has 0 atom stereocenters. The highest BCUT2D eigenvalue weighted by Crippen LogP contribution is 2.46. The molecule has 0 bridgehead atoms. The van der Waals surface area contributed by atoms with Crippen molar-refractivity contribution in [3.05, 3.63) is 115 Å². The predicted molar refractivity (Wildman–Crippen MR) is 147 cm³/mol. The van der Waals surface area contributed by atoms with Crippen LogP contribution in [0.5, 0.6) is 5.75 Å². The monoisotopic (exact) mass is 488 g/mol. The van der Waals surface area contributed by atoms with Gasteiger partial charge >= 0.3 is 0 Å². The molecule has 0 aliphatic heterocycles. The molecule has 0 radical (unpaired) electrons. The fourth-order valence-electron chi connectivity index (χ4n) is 4.54. The van der Waals surface area contributed by atoms with E-state index in [2.05, 4.69) is 36.4 Å². The van der Waals surface area contributed by atoms with Gasteiger partial charge < -0.3 is 13.9 Å². The smallest absolute Gasteiger partial charge is 0.167 e. The van der Waals surface area contributed by atoms with Crippen LogP contribution in [0, 0.1) is 0 Å². The minimum absolute atomic E-state index is 0.0209. The van der Waals surface area contributed by atoms with Crippen molar-refractivity contribution in [3.8, 4) is 50.7 Å². The fourth-order valence-corrected chi connectivity index (χ4v) is 4.54. The molecule has 5 aromatic rings. The summed E-state index contributed by atoms with van der Waals surface area (Å²) in [5.74, 6) is 2.20. The van der Waals surface area contributed by atoms with Crippen LogP contribution in [0.25, 0.3) is 44.9 Å². The molecule has 0 fully saturated rings. The summed E-state index contributed by atoms with van der Waals surface area (Å²) in [7, 11) is 1.70. The van der Waals surface area contributed by atoms with Crippen LogP contribution in [0.3, 0.4) is 0 Å². The number of ketones is 1. The number of Topliss-reactive ketones (excluding diaryl/α,β-unsaturated/α-hetero) is 1. The number of carbonyl (C=O) groups is 1. The van der Waals surface area contributed by atoms with Crippen molar-refractivity contribution in [1.82, 2.24) is 0 Å². The summed E-state index contributed by atoms with van der Waals surface area (Å²) in [4.78, 5) is 11.4. The van der Waals surface area contributed by atoms with Crippen LogP contribution in [0.4, 0.5) is 0 Å². The highest BCUT2D eigenvalue weighted by molar-refractivity contribution is 5.91. The maximum atomic E-state index is 11.4. The van der Waals surface area contributed by atoms with Gasteiger partial charge in [-0.3, -0.25) is 4.79 Å². The third kappa shape index (κ3) is 5.25. The van der Waals surface area contributed by atoms with E-state index in [1.807, 2.05) is 72.8 Å². The Morgan fingerprint density at radius 2 is 1.32 bits per heavy atom. The second-order valence-corrected chi connectivity index (χ2v) is 8.84. The first-order chi connectivity index (χ1) is 18.2. The topological polar surface area (TPSA) is 48.7 Å². The van der Waals surface area contributed by atoms with Crippen molar-refractivity contribution < 1.29 is 18.7 Å². The van der Waals surface area contributed by atoms with E-state index < -0.39 is 0 Å². The lowest BCUT2D eigenvalue weighted by molar-refractivity contribution is -0.118. The average Bonchev–Trinajstić information content (AvgIpc) is 3.32. The second-order valence-electron chi connectivity index (χ2n) is 8.84. The Morgan fingerprint density at radius 3 is 2.00 bits per heavy atom. The van der Waals surface area contributed by atoms with E-state index in [4.69, 9.17) is 13.9 Å². The van der Waals surface area contributed by atoms with Gasteiger partial charge in [-0.1, -0.05) is 97.1 Å². The first-order valence-electron chi connectivity index (χ1n) is 12.2. The molecule has 0 spiro atoms. The normalized spacial score (nSPS) is 10.9. The zero-order chi connectivity index (χ0) is 25.6. The lowest BCUT2D eigenvalue weighted by atomic mass is 9.93. The van der Waals surface area contributed by atoms with Crippen molar-refractivity contribution in [2.75, 3.05) is 13.7 Å². The molecular weight excluding hydrogens is 460 g/mol. The van der Waals surface area contributed by atoms with E-state index in [1.165, 1.54) is 6.92 Å². The van der Waals surface area contributed by atoms with Crippen molar-refractivity contribution in [2.24, 2.45) is 0 Å². The summed E-state index contributed by atoms with van der Waals surface area (Å²) in [6, 6.07) is 36.4. The van der Waals surface area contributed by atoms with E-state index in [0.717, 1.165) is 50.5 Å². The molecule has 4 heteroatoms. The molecule has 0 unspecified atom stereocenters. The second kappa shape index (κ2) is 11.1. The van der Waals surface area contributed by atoms with E-state index in [0.29, 0.717) is 12.4 Å². The van der Waals surface area contributed by atoms with Crippen LogP contribution >= 0.6 is 0 Å². The van der Waals surface area contributed by atoms with Crippen molar-refractivity contribution in [3.63, 3.8) is 0 Å². The molecule has 0 amide bonds. The maximum Gasteiger partial charge on any atom is 0.167 e. The molecule has 184 valence electrons. The molecule has 0 aliphatic carbocycles. The Hall–Kier alpha value is -4.41. The molecule has 4 aromatic carbocycles. The third-order valence-corrected chi connectivity index (χ3v) is 6.15. The minimum Gasteiger partial charge on any atom is -0.486 e. The quantitative estimate of drug-likeness (QED) is 0.210. The molecule has 1 aromatic heterocycles. The molecule has 0 saturated carbocycles. The molecule has 0 N–H and O–H groups in total. The number of carbonyl (C=O) groups excluding carboxylic acids is 1. The van der Waals surface area contributed by atoms with E-state index in [-0.39, 0.29) is 12.4 Å². The summed E-state index contributed by atoms with van der Waals surface area (Å²) >= 11 is 0. The summed E-state index contributed by atoms with van der Waals surface area (Å²) in [5, 5.41) is 0. The maximum absolute atomic E-state index is 11.4. The van der Waals surface area contributed by atoms with Gasteiger partial charge in [0.05, 0.1) is 6.61 Å². The van der Waals surface area contributed by atoms with Gasteiger partial charge in [0.1, 0.15) is 23.9 Å². The molecule has 5 rings (SSSR count). The molecule has 0 saturated heterocycles. The highest BCUT2D eigenvalue weighted by Gasteiger charge is 2.25. The molecule has 4 nitrogen and oxygen atoms in total. The molecule has 0 aliphatic rings. The molecular formula is C33H28O4. The largest absolute Gasteiger partial charge is 0.486 e. The molecule has 37 heavy (non-hydrogen) atoms. The average molecular weight is 489 g/mol. The standard InChI is InChI=1S/C33H28O4/c1-23(34)21-36-27-17-11-16-26(20-27)28-18-9-10-19-29(28)33-30(22-35-2)31(24-12-5-3-6-13-24)32(37-33)25-14-7-4-8-15-25/h3-20H,21-22H2,1-2H3. The lowest BCUT2D eigenvalue weighted by Gasteiger charge is -2.12. The van der Waals surface area contributed by atoms with Gasteiger partial charge in [0.2, 0.25) is 0 Å². The zero-order valence-corrected chi connectivity index (χ0v) is 20.9. The fraction of sp³-hybridized carbons (Fsp3) is 0.121. The minimum atomic E-state index is -0.0209. The van der Waals surface area contributed by atoms with Crippen LogP contribution in [-0.2, 0) is 16.1 Å². The number of hydrogen-bond donors (Lipinski definition) is 0. The Balaban J connectivity index is 1.71. The summed E-state index contributed by atoms with van der Waals surface area (Å²) in [6.07, 6.45) is 0. The van der Waals surface area contributed by atoms with Gasteiger partial charge in [0.25, 0.3) is 0 Å². The summed E-state index contributed by atoms with van der Waals surface area (Å²) in [5.41, 5.74) is 7.02. The van der Waals surface area contributed by atoms with Crippen molar-refractivity contribution in [2.45, 2.75) is 13.5 Å². The van der Waals surface area contributed by atoms with Crippen LogP contribution in [0.1, 0.15) is 12.5 Å². The Kier molecular flexibility index (Phi) is 7.29. The Morgan fingerprint density at radius 1 is 0.703 bits per heavy atom. The van der Waals surface area contributed by atoms with Gasteiger partial charge in [-0.05, 0) is 35.7 Å². The van der Waals surface area contributed by atoms with Crippen molar-refractivity contribution in [1.29, 1.82) is 0 Å². The first-order valence-corrected chi connectivity index (χ1v) is 12.2. The number of methoxy groups -OCH3 is 1. The SMILES string of the molecule is COCc1c(-c2ccccc2-c2cccc(OCC(C)=O)c2)oc(-c2ccccc2)c1-c1ccccc1. The zero-order valence-electron chi connectivity index (χ0n) is 20.9. The van der Waals surface area contributed by atoms with Crippen LogP contribution < -0.4 is 4.74 Å².